The highest BCUT2D eigenvalue weighted by Gasteiger charge is 1.98. The number of nitrogens with one attached hydrogen (secondary N) is 2. The minimum atomic E-state index is 0.576. The Morgan fingerprint density at radius 3 is 3.31 bits per heavy atom. The Bertz CT molecular complexity index is 394. The number of hydrogen-bond donors (Lipinski definition) is 3. The van der Waals surface area contributed by atoms with Crippen LogP contribution in [0.25, 0.3) is 11.0 Å². The highest BCUT2D eigenvalue weighted by molar-refractivity contribution is 5.75. The molecule has 0 bridgehead atoms. The fourth-order valence-corrected chi connectivity index (χ4v) is 1.11. The van der Waals surface area contributed by atoms with Crippen LogP contribution < -0.4 is 11.1 Å². The molecule has 0 fully saturated rings. The van der Waals surface area contributed by atoms with Crippen molar-refractivity contribution in [3.8, 4) is 0 Å². The largest absolute Gasteiger partial charge is 0.353 e. The first kappa shape index (κ1) is 8.00. The van der Waals surface area contributed by atoms with Crippen molar-refractivity contribution in [2.75, 3.05) is 18.4 Å². The molecule has 0 aliphatic carbocycles. The van der Waals surface area contributed by atoms with Crippen molar-refractivity contribution in [1.82, 2.24) is 15.0 Å². The van der Waals surface area contributed by atoms with Crippen LogP contribution in [0, 0.1) is 0 Å². The van der Waals surface area contributed by atoms with Crippen LogP contribution in [0.2, 0.25) is 0 Å². The zero-order valence-corrected chi connectivity index (χ0v) is 7.12. The van der Waals surface area contributed by atoms with Gasteiger partial charge < -0.3 is 16.0 Å². The van der Waals surface area contributed by atoms with Crippen molar-refractivity contribution < 1.29 is 0 Å². The summed E-state index contributed by atoms with van der Waals surface area (Å²) in [7, 11) is 0. The zero-order chi connectivity index (χ0) is 9.10. The fourth-order valence-electron chi connectivity index (χ4n) is 1.11. The molecule has 0 aromatic carbocycles. The monoisotopic (exact) mass is 177 g/mol. The molecule has 0 saturated carbocycles. The van der Waals surface area contributed by atoms with Crippen LogP contribution in [0.5, 0.6) is 0 Å². The number of anilines is 1. The van der Waals surface area contributed by atoms with Crippen molar-refractivity contribution in [3.05, 3.63) is 18.5 Å². The van der Waals surface area contributed by atoms with Crippen LogP contribution in [0.1, 0.15) is 0 Å². The number of aromatic nitrogens is 3. The molecule has 68 valence electrons. The van der Waals surface area contributed by atoms with E-state index in [1.807, 2.05) is 12.3 Å². The Hall–Kier alpha value is -1.62. The van der Waals surface area contributed by atoms with Gasteiger partial charge in [-0.3, -0.25) is 0 Å². The average molecular weight is 177 g/mol. The second kappa shape index (κ2) is 3.40. The summed E-state index contributed by atoms with van der Waals surface area (Å²) in [4.78, 5) is 11.4. The Morgan fingerprint density at radius 1 is 1.54 bits per heavy atom. The first-order valence-electron chi connectivity index (χ1n) is 4.14. The summed E-state index contributed by atoms with van der Waals surface area (Å²) in [6, 6.07) is 1.93. The molecule has 2 heterocycles. The lowest BCUT2D eigenvalue weighted by atomic mass is 10.4. The molecule has 0 saturated heterocycles. The average Bonchev–Trinajstić information content (AvgIpc) is 2.61. The number of fused-ring (bicyclic) bond motifs is 1. The summed E-state index contributed by atoms with van der Waals surface area (Å²) < 4.78 is 0. The minimum absolute atomic E-state index is 0.576. The van der Waals surface area contributed by atoms with Gasteiger partial charge >= 0.3 is 0 Å². The van der Waals surface area contributed by atoms with Gasteiger partial charge in [-0.2, -0.15) is 4.98 Å². The number of hydrogen-bond acceptors (Lipinski definition) is 4. The van der Waals surface area contributed by atoms with E-state index in [4.69, 9.17) is 5.73 Å². The summed E-state index contributed by atoms with van der Waals surface area (Å²) in [6.45, 7) is 1.26. The molecule has 2 aromatic rings. The van der Waals surface area contributed by atoms with Crippen molar-refractivity contribution in [1.29, 1.82) is 0 Å². The molecular weight excluding hydrogens is 166 g/mol. The first-order chi connectivity index (χ1) is 6.40. The zero-order valence-electron chi connectivity index (χ0n) is 7.12. The third kappa shape index (κ3) is 1.59. The standard InChI is InChI=1S/C8H11N5/c9-2-4-11-8-12-5-6-1-3-10-7(6)13-8/h1,3,5H,2,4,9H2,(H2,10,11,12,13). The molecule has 0 atom stereocenters. The van der Waals surface area contributed by atoms with E-state index in [9.17, 15) is 0 Å². The number of nitrogens with two attached hydrogens (primary N) is 1. The summed E-state index contributed by atoms with van der Waals surface area (Å²) in [5, 5.41) is 4.02. The maximum Gasteiger partial charge on any atom is 0.224 e. The molecule has 5 heteroatoms. The van der Waals surface area contributed by atoms with Crippen LogP contribution in [-0.4, -0.2) is 28.0 Å². The predicted molar refractivity (Wildman–Crippen MR) is 51.4 cm³/mol. The van der Waals surface area contributed by atoms with Crippen LogP contribution in [0.3, 0.4) is 0 Å². The fraction of sp³-hybridized carbons (Fsp3) is 0.250. The van der Waals surface area contributed by atoms with E-state index in [1.54, 1.807) is 6.20 Å². The van der Waals surface area contributed by atoms with Gasteiger partial charge in [0.1, 0.15) is 5.65 Å². The Kier molecular flexibility index (Phi) is 2.09. The van der Waals surface area contributed by atoms with Crippen molar-refractivity contribution in [3.63, 3.8) is 0 Å². The van der Waals surface area contributed by atoms with Crippen molar-refractivity contribution in [2.45, 2.75) is 0 Å². The SMILES string of the molecule is NCCNc1ncc2cc[nH]c2n1. The third-order valence-electron chi connectivity index (χ3n) is 1.73. The number of nitrogens with zero attached hydrogens (tertiary/aromatic N) is 2. The summed E-state index contributed by atoms with van der Waals surface area (Å²) >= 11 is 0. The molecular formula is C8H11N5. The Balaban J connectivity index is 2.26. The lowest BCUT2D eigenvalue weighted by Gasteiger charge is -2.00. The van der Waals surface area contributed by atoms with Gasteiger partial charge in [-0.15, -0.1) is 0 Å². The summed E-state index contributed by atoms with van der Waals surface area (Å²) in [6.07, 6.45) is 3.61. The quantitative estimate of drug-likeness (QED) is 0.631. The maximum absolute atomic E-state index is 5.34. The van der Waals surface area contributed by atoms with Crippen LogP contribution in [-0.2, 0) is 0 Å². The van der Waals surface area contributed by atoms with E-state index < -0.39 is 0 Å². The highest BCUT2D eigenvalue weighted by atomic mass is 15.1. The lowest BCUT2D eigenvalue weighted by Crippen LogP contribution is -2.14. The van der Waals surface area contributed by atoms with Crippen molar-refractivity contribution >= 4 is 17.0 Å². The van der Waals surface area contributed by atoms with Crippen LogP contribution in [0.15, 0.2) is 18.5 Å². The molecule has 2 rings (SSSR count). The van der Waals surface area contributed by atoms with E-state index in [2.05, 4.69) is 20.3 Å². The highest BCUT2D eigenvalue weighted by Crippen LogP contribution is 2.09. The van der Waals surface area contributed by atoms with Crippen LogP contribution in [0.4, 0.5) is 5.95 Å². The topological polar surface area (TPSA) is 79.6 Å². The van der Waals surface area contributed by atoms with Gasteiger partial charge in [-0.05, 0) is 6.07 Å². The second-order valence-corrected chi connectivity index (χ2v) is 2.69. The van der Waals surface area contributed by atoms with Gasteiger partial charge in [0.2, 0.25) is 5.95 Å². The van der Waals surface area contributed by atoms with Gasteiger partial charge in [0.05, 0.1) is 0 Å². The first-order valence-corrected chi connectivity index (χ1v) is 4.14. The van der Waals surface area contributed by atoms with Gasteiger partial charge in [0.15, 0.2) is 0 Å². The Morgan fingerprint density at radius 2 is 2.46 bits per heavy atom. The smallest absolute Gasteiger partial charge is 0.224 e. The molecule has 2 aromatic heterocycles. The Labute approximate surface area is 75.4 Å². The molecule has 0 spiro atoms. The predicted octanol–water partition coefficient (Wildman–Crippen LogP) is 0.328. The van der Waals surface area contributed by atoms with E-state index in [-0.39, 0.29) is 0 Å². The molecule has 0 amide bonds. The van der Waals surface area contributed by atoms with Gasteiger partial charge in [0, 0.05) is 30.9 Å². The van der Waals surface area contributed by atoms with Gasteiger partial charge in [-0.1, -0.05) is 0 Å². The number of H-pyrrole nitrogens is 1. The number of aromatic amines is 1. The van der Waals surface area contributed by atoms with E-state index >= 15 is 0 Å². The minimum Gasteiger partial charge on any atom is -0.353 e. The molecule has 0 aliphatic heterocycles. The van der Waals surface area contributed by atoms with E-state index in [0.29, 0.717) is 19.0 Å². The molecule has 0 aliphatic rings. The molecule has 0 radical (unpaired) electrons. The summed E-state index contributed by atoms with van der Waals surface area (Å²) in [5.41, 5.74) is 6.19. The van der Waals surface area contributed by atoms with Crippen molar-refractivity contribution in [2.24, 2.45) is 5.73 Å². The lowest BCUT2D eigenvalue weighted by molar-refractivity contribution is 0.994. The molecule has 5 nitrogen and oxygen atoms in total. The number of rotatable bonds is 3. The van der Waals surface area contributed by atoms with Gasteiger partial charge in [0.25, 0.3) is 0 Å². The third-order valence-corrected chi connectivity index (χ3v) is 1.73. The molecule has 4 N–H and O–H groups in total. The second-order valence-electron chi connectivity index (χ2n) is 2.69. The molecule has 13 heavy (non-hydrogen) atoms. The summed E-state index contributed by atoms with van der Waals surface area (Å²) in [5.74, 6) is 0.611. The normalized spacial score (nSPS) is 10.5. The van der Waals surface area contributed by atoms with Crippen LogP contribution >= 0.6 is 0 Å². The van der Waals surface area contributed by atoms with E-state index in [1.165, 1.54) is 0 Å². The molecule has 0 unspecified atom stereocenters. The maximum atomic E-state index is 5.34. The van der Waals surface area contributed by atoms with E-state index in [0.717, 1.165) is 11.0 Å². The van der Waals surface area contributed by atoms with Gasteiger partial charge in [-0.25, -0.2) is 4.98 Å².